The number of halogens is 1. The molecule has 0 aliphatic rings. The zero-order chi connectivity index (χ0) is 20.5. The highest BCUT2D eigenvalue weighted by atomic mass is 19.1. The number of nitrogens with one attached hydrogen (secondary N) is 2. The summed E-state index contributed by atoms with van der Waals surface area (Å²) in [6.07, 6.45) is 5.10. The third-order valence-electron chi connectivity index (χ3n) is 4.10. The number of carbonyl (C=O) groups excluding carboxylic acids is 1. The van der Waals surface area contributed by atoms with Crippen LogP contribution in [0.4, 0.5) is 4.39 Å². The summed E-state index contributed by atoms with van der Waals surface area (Å²) in [4.78, 5) is 37.7. The number of H-pyrrole nitrogens is 1. The predicted octanol–water partition coefficient (Wildman–Crippen LogP) is 1.85. The van der Waals surface area contributed by atoms with Crippen molar-refractivity contribution < 1.29 is 14.3 Å². The molecule has 0 aliphatic carbocycles. The van der Waals surface area contributed by atoms with E-state index in [1.165, 1.54) is 24.3 Å². The Morgan fingerprint density at radius 1 is 1.25 bits per heavy atom. The zero-order valence-corrected chi connectivity index (χ0v) is 15.6. The first-order chi connectivity index (χ1) is 13.4. The molecule has 1 amide bonds. The van der Waals surface area contributed by atoms with Gasteiger partial charge < -0.3 is 5.11 Å². The van der Waals surface area contributed by atoms with Gasteiger partial charge in [0.15, 0.2) is 0 Å². The Balaban J connectivity index is 2.12. The Labute approximate surface area is 160 Å². The number of benzene rings is 1. The molecule has 1 aromatic heterocycles. The molecule has 2 rings (SSSR count). The number of aromatic nitrogens is 2. The van der Waals surface area contributed by atoms with Crippen LogP contribution in [0, 0.1) is 5.82 Å². The minimum atomic E-state index is -0.834. The Morgan fingerprint density at radius 2 is 1.96 bits per heavy atom. The molecule has 0 fully saturated rings. The topological polar surface area (TPSA) is 117 Å². The van der Waals surface area contributed by atoms with E-state index in [0.717, 1.165) is 36.5 Å². The van der Waals surface area contributed by atoms with Crippen LogP contribution in [0.2, 0.25) is 0 Å². The molecule has 2 aromatic rings. The van der Waals surface area contributed by atoms with E-state index < -0.39 is 22.9 Å². The van der Waals surface area contributed by atoms with Crippen LogP contribution in [0.15, 0.2) is 39.0 Å². The van der Waals surface area contributed by atoms with E-state index in [9.17, 15) is 23.9 Å². The molecule has 0 spiro atoms. The zero-order valence-electron chi connectivity index (χ0n) is 15.6. The number of carbonyl (C=O) groups is 1. The highest BCUT2D eigenvalue weighted by Crippen LogP contribution is 2.11. The van der Waals surface area contributed by atoms with Crippen molar-refractivity contribution in [1.29, 1.82) is 0 Å². The Bertz CT molecular complexity index is 948. The third kappa shape index (κ3) is 5.90. The molecule has 9 heteroatoms. The van der Waals surface area contributed by atoms with Gasteiger partial charge in [0.25, 0.3) is 5.56 Å². The molecule has 0 bridgehead atoms. The van der Waals surface area contributed by atoms with Crippen LogP contribution in [0.1, 0.15) is 50.2 Å². The van der Waals surface area contributed by atoms with Crippen LogP contribution in [-0.4, -0.2) is 26.8 Å². The second kappa shape index (κ2) is 10.2. The molecule has 28 heavy (non-hydrogen) atoms. The van der Waals surface area contributed by atoms with Crippen LogP contribution in [0.5, 0.6) is 5.88 Å². The molecule has 0 atom stereocenters. The van der Waals surface area contributed by atoms with Crippen molar-refractivity contribution in [1.82, 2.24) is 15.0 Å². The first-order valence-corrected chi connectivity index (χ1v) is 9.04. The fourth-order valence-corrected chi connectivity index (χ4v) is 2.55. The average Bonchev–Trinajstić information content (AvgIpc) is 2.66. The Morgan fingerprint density at radius 3 is 2.64 bits per heavy atom. The van der Waals surface area contributed by atoms with Gasteiger partial charge in [0.2, 0.25) is 11.8 Å². The van der Waals surface area contributed by atoms with E-state index in [1.54, 1.807) is 0 Å². The highest BCUT2D eigenvalue weighted by Gasteiger charge is 2.13. The number of aromatic amines is 1. The molecule has 0 radical (unpaired) electrons. The molecule has 0 unspecified atom stereocenters. The molecular weight excluding hydrogens is 367 g/mol. The maximum Gasteiger partial charge on any atom is 0.331 e. The largest absolute Gasteiger partial charge is 0.494 e. The Hall–Kier alpha value is -3.23. The fourth-order valence-electron chi connectivity index (χ4n) is 2.55. The lowest BCUT2D eigenvalue weighted by molar-refractivity contribution is -0.121. The molecular formula is C19H23FN4O4. The second-order valence-electron chi connectivity index (χ2n) is 6.31. The maximum absolute atomic E-state index is 13.0. The van der Waals surface area contributed by atoms with Gasteiger partial charge in [-0.25, -0.2) is 14.6 Å². The molecule has 0 aliphatic heterocycles. The molecule has 150 valence electrons. The number of rotatable bonds is 9. The van der Waals surface area contributed by atoms with Crippen molar-refractivity contribution in [3.63, 3.8) is 0 Å². The summed E-state index contributed by atoms with van der Waals surface area (Å²) in [6.45, 7) is 2.00. The number of aromatic hydroxyl groups is 1. The van der Waals surface area contributed by atoms with Crippen LogP contribution >= 0.6 is 0 Å². The number of hydrogen-bond acceptors (Lipinski definition) is 5. The SMILES string of the molecule is CCCCCCC(=O)NN=Cc1c(O)n(Cc2ccc(F)cc2)c(=O)[nH]c1=O. The molecule has 3 N–H and O–H groups in total. The predicted molar refractivity (Wildman–Crippen MR) is 103 cm³/mol. The number of hydrogen-bond donors (Lipinski definition) is 3. The lowest BCUT2D eigenvalue weighted by atomic mass is 10.1. The molecule has 8 nitrogen and oxygen atoms in total. The summed E-state index contributed by atoms with van der Waals surface area (Å²) in [6, 6.07) is 5.36. The van der Waals surface area contributed by atoms with E-state index in [4.69, 9.17) is 0 Å². The van der Waals surface area contributed by atoms with Gasteiger partial charge in [0, 0.05) is 6.42 Å². The lowest BCUT2D eigenvalue weighted by Crippen LogP contribution is -2.32. The van der Waals surface area contributed by atoms with Crippen LogP contribution in [0.25, 0.3) is 0 Å². The first-order valence-electron chi connectivity index (χ1n) is 9.04. The van der Waals surface area contributed by atoms with E-state index in [-0.39, 0.29) is 18.0 Å². The standard InChI is InChI=1S/C19H23FN4O4/c1-2-3-4-5-6-16(25)23-21-11-15-17(26)22-19(28)24(18(15)27)12-13-7-9-14(20)10-8-13/h7-11,27H,2-6,12H2,1H3,(H,23,25)(H,22,26,28). The number of nitrogens with zero attached hydrogens (tertiary/aromatic N) is 2. The summed E-state index contributed by atoms with van der Waals surface area (Å²) >= 11 is 0. The van der Waals surface area contributed by atoms with E-state index in [0.29, 0.717) is 12.0 Å². The first kappa shape index (κ1) is 21.1. The second-order valence-corrected chi connectivity index (χ2v) is 6.31. The molecule has 1 aromatic carbocycles. The van der Waals surface area contributed by atoms with Gasteiger partial charge in [0.1, 0.15) is 11.4 Å². The number of hydrazone groups is 1. The van der Waals surface area contributed by atoms with Crippen molar-refractivity contribution in [3.8, 4) is 5.88 Å². The quantitative estimate of drug-likeness (QED) is 0.344. The lowest BCUT2D eigenvalue weighted by Gasteiger charge is -2.09. The molecule has 1 heterocycles. The fraction of sp³-hybridized carbons (Fsp3) is 0.368. The van der Waals surface area contributed by atoms with E-state index in [1.807, 2.05) is 0 Å². The van der Waals surface area contributed by atoms with Crippen LogP contribution in [0.3, 0.4) is 0 Å². The van der Waals surface area contributed by atoms with Crippen molar-refractivity contribution in [2.45, 2.75) is 45.6 Å². The number of unbranched alkanes of at least 4 members (excludes halogenated alkanes) is 3. The summed E-state index contributed by atoms with van der Waals surface area (Å²) in [5.74, 6) is -1.33. The van der Waals surface area contributed by atoms with E-state index >= 15 is 0 Å². The van der Waals surface area contributed by atoms with Gasteiger partial charge in [-0.05, 0) is 24.1 Å². The maximum atomic E-state index is 13.0. The molecule has 0 saturated carbocycles. The smallest absolute Gasteiger partial charge is 0.331 e. The Kier molecular flexibility index (Phi) is 7.67. The van der Waals surface area contributed by atoms with Gasteiger partial charge in [-0.2, -0.15) is 5.10 Å². The minimum Gasteiger partial charge on any atom is -0.494 e. The summed E-state index contributed by atoms with van der Waals surface area (Å²) in [7, 11) is 0. The number of amides is 1. The normalized spacial score (nSPS) is 11.1. The van der Waals surface area contributed by atoms with Crippen molar-refractivity contribution in [2.24, 2.45) is 5.10 Å². The van der Waals surface area contributed by atoms with Gasteiger partial charge in [0.05, 0.1) is 12.8 Å². The van der Waals surface area contributed by atoms with Gasteiger partial charge in [-0.15, -0.1) is 0 Å². The summed E-state index contributed by atoms with van der Waals surface area (Å²) in [5, 5.41) is 14.0. The van der Waals surface area contributed by atoms with Crippen LogP contribution < -0.4 is 16.7 Å². The van der Waals surface area contributed by atoms with Gasteiger partial charge >= 0.3 is 5.69 Å². The van der Waals surface area contributed by atoms with Gasteiger partial charge in [-0.3, -0.25) is 19.1 Å². The molecule has 0 saturated heterocycles. The average molecular weight is 390 g/mol. The summed E-state index contributed by atoms with van der Waals surface area (Å²) in [5.41, 5.74) is 0.920. The highest BCUT2D eigenvalue weighted by molar-refractivity contribution is 5.84. The minimum absolute atomic E-state index is 0.0770. The van der Waals surface area contributed by atoms with E-state index in [2.05, 4.69) is 22.4 Å². The van der Waals surface area contributed by atoms with Crippen LogP contribution in [-0.2, 0) is 11.3 Å². The van der Waals surface area contributed by atoms with Gasteiger partial charge in [-0.1, -0.05) is 38.3 Å². The summed E-state index contributed by atoms with van der Waals surface area (Å²) < 4.78 is 13.9. The van der Waals surface area contributed by atoms with Crippen molar-refractivity contribution in [2.75, 3.05) is 0 Å². The monoisotopic (exact) mass is 390 g/mol. The van der Waals surface area contributed by atoms with Crippen molar-refractivity contribution in [3.05, 3.63) is 62.0 Å². The third-order valence-corrected chi connectivity index (χ3v) is 4.10. The van der Waals surface area contributed by atoms with Crippen molar-refractivity contribution >= 4 is 12.1 Å².